The van der Waals surface area contributed by atoms with Gasteiger partial charge in [0, 0.05) is 5.54 Å². The molecule has 1 saturated carbocycles. The maximum absolute atomic E-state index is 12.4. The molecule has 0 radical (unpaired) electrons. The molecule has 0 spiro atoms. The molecule has 0 amide bonds. The van der Waals surface area contributed by atoms with Crippen LogP contribution in [0.5, 0.6) is 0 Å². The summed E-state index contributed by atoms with van der Waals surface area (Å²) in [5, 5.41) is 9.92. The van der Waals surface area contributed by atoms with Crippen molar-refractivity contribution in [3.8, 4) is 0 Å². The second-order valence-corrected chi connectivity index (χ2v) is 5.40. The van der Waals surface area contributed by atoms with Crippen LogP contribution in [0, 0.1) is 0 Å². The normalized spacial score (nSPS) is 32.8. The lowest BCUT2D eigenvalue weighted by Gasteiger charge is -2.26. The minimum atomic E-state index is -4.33. The fourth-order valence-corrected chi connectivity index (χ4v) is 2.59. The number of halogens is 3. The summed E-state index contributed by atoms with van der Waals surface area (Å²) in [6, 6.07) is 4.89. The molecule has 1 aromatic carbocycles. The highest BCUT2D eigenvalue weighted by molar-refractivity contribution is 5.31. The zero-order chi connectivity index (χ0) is 13.6. The number of alkyl halides is 3. The smallest absolute Gasteiger partial charge is 0.390 e. The number of benzene rings is 1. The van der Waals surface area contributed by atoms with Gasteiger partial charge in [-0.25, -0.2) is 0 Å². The van der Waals surface area contributed by atoms with Gasteiger partial charge in [-0.05, 0) is 43.9 Å². The summed E-state index contributed by atoms with van der Waals surface area (Å²) in [4.78, 5) is 0. The van der Waals surface area contributed by atoms with Crippen molar-refractivity contribution in [1.29, 1.82) is 0 Å². The molecule has 0 aliphatic heterocycles. The zero-order valence-corrected chi connectivity index (χ0v) is 10.1. The van der Waals surface area contributed by atoms with Crippen LogP contribution >= 0.6 is 0 Å². The largest absolute Gasteiger partial charge is 0.416 e. The average Bonchev–Trinajstić information content (AvgIpc) is 2.53. The highest BCUT2D eigenvalue weighted by Crippen LogP contribution is 2.42. The molecule has 100 valence electrons. The summed E-state index contributed by atoms with van der Waals surface area (Å²) in [6.07, 6.45) is -2.83. The second kappa shape index (κ2) is 3.96. The predicted octanol–water partition coefficient (Wildman–Crippen LogP) is 2.79. The molecule has 0 bridgehead atoms. The van der Waals surface area contributed by atoms with Crippen molar-refractivity contribution in [2.75, 3.05) is 0 Å². The Morgan fingerprint density at radius 1 is 1.17 bits per heavy atom. The first-order valence-electron chi connectivity index (χ1n) is 5.81. The van der Waals surface area contributed by atoms with Crippen molar-refractivity contribution < 1.29 is 18.3 Å². The molecule has 18 heavy (non-hydrogen) atoms. The van der Waals surface area contributed by atoms with Crippen molar-refractivity contribution in [2.24, 2.45) is 5.73 Å². The van der Waals surface area contributed by atoms with Crippen molar-refractivity contribution >= 4 is 0 Å². The standard InChI is InChI=1S/C13H16F3NO/c1-11(18)6-7-12(17,8-11)9-2-4-10(5-3-9)13(14,15)16/h2-5,18H,6-8,17H2,1H3. The lowest BCUT2D eigenvalue weighted by Crippen LogP contribution is -2.36. The van der Waals surface area contributed by atoms with Gasteiger partial charge in [-0.2, -0.15) is 13.2 Å². The van der Waals surface area contributed by atoms with Crippen molar-refractivity contribution in [3.05, 3.63) is 35.4 Å². The maximum atomic E-state index is 12.4. The van der Waals surface area contributed by atoms with E-state index in [-0.39, 0.29) is 0 Å². The van der Waals surface area contributed by atoms with E-state index in [1.807, 2.05) is 0 Å². The SMILES string of the molecule is CC1(O)CCC(N)(c2ccc(C(F)(F)F)cc2)C1. The Morgan fingerprint density at radius 3 is 2.11 bits per heavy atom. The molecule has 2 rings (SSSR count). The van der Waals surface area contributed by atoms with Crippen LogP contribution in [0.25, 0.3) is 0 Å². The average molecular weight is 259 g/mol. The molecule has 2 nitrogen and oxygen atoms in total. The van der Waals surface area contributed by atoms with Gasteiger partial charge in [0.1, 0.15) is 0 Å². The summed E-state index contributed by atoms with van der Waals surface area (Å²) in [5.41, 5.74) is 4.58. The Kier molecular flexibility index (Phi) is 2.94. The maximum Gasteiger partial charge on any atom is 0.416 e. The first-order valence-corrected chi connectivity index (χ1v) is 5.81. The van der Waals surface area contributed by atoms with E-state index in [1.54, 1.807) is 6.92 Å². The summed E-state index contributed by atoms with van der Waals surface area (Å²) in [5.74, 6) is 0. The van der Waals surface area contributed by atoms with E-state index in [1.165, 1.54) is 12.1 Å². The topological polar surface area (TPSA) is 46.2 Å². The van der Waals surface area contributed by atoms with E-state index in [2.05, 4.69) is 0 Å². The van der Waals surface area contributed by atoms with Gasteiger partial charge in [0.15, 0.2) is 0 Å². The van der Waals surface area contributed by atoms with Gasteiger partial charge in [-0.15, -0.1) is 0 Å². The van der Waals surface area contributed by atoms with E-state index in [0.717, 1.165) is 12.1 Å². The summed E-state index contributed by atoms with van der Waals surface area (Å²) >= 11 is 0. The Labute approximate surface area is 104 Å². The van der Waals surface area contributed by atoms with E-state index in [9.17, 15) is 18.3 Å². The third-order valence-corrected chi connectivity index (χ3v) is 3.59. The molecular formula is C13H16F3NO. The molecular weight excluding hydrogens is 243 g/mol. The highest BCUT2D eigenvalue weighted by Gasteiger charge is 2.43. The van der Waals surface area contributed by atoms with Gasteiger partial charge in [0.05, 0.1) is 11.2 Å². The van der Waals surface area contributed by atoms with E-state index >= 15 is 0 Å². The fraction of sp³-hybridized carbons (Fsp3) is 0.538. The van der Waals surface area contributed by atoms with Crippen molar-refractivity contribution in [3.63, 3.8) is 0 Å². The molecule has 2 atom stereocenters. The monoisotopic (exact) mass is 259 g/mol. The number of rotatable bonds is 1. The highest BCUT2D eigenvalue weighted by atomic mass is 19.4. The van der Waals surface area contributed by atoms with E-state index in [4.69, 9.17) is 5.73 Å². The van der Waals surface area contributed by atoms with Crippen LogP contribution in [0.15, 0.2) is 24.3 Å². The van der Waals surface area contributed by atoms with Crippen molar-refractivity contribution in [2.45, 2.75) is 43.5 Å². The van der Waals surface area contributed by atoms with Gasteiger partial charge in [0.2, 0.25) is 0 Å². The Bertz CT molecular complexity index is 439. The first kappa shape index (κ1) is 13.4. The number of nitrogens with two attached hydrogens (primary N) is 1. The molecule has 5 heteroatoms. The van der Waals surface area contributed by atoms with E-state index in [0.29, 0.717) is 24.8 Å². The zero-order valence-electron chi connectivity index (χ0n) is 10.1. The van der Waals surface area contributed by atoms with Gasteiger partial charge in [-0.1, -0.05) is 12.1 Å². The minimum absolute atomic E-state index is 0.366. The quantitative estimate of drug-likeness (QED) is 0.814. The van der Waals surface area contributed by atoms with Gasteiger partial charge in [0.25, 0.3) is 0 Å². The molecule has 1 aliphatic carbocycles. The van der Waals surface area contributed by atoms with Crippen LogP contribution in [0.2, 0.25) is 0 Å². The van der Waals surface area contributed by atoms with Crippen LogP contribution in [0.4, 0.5) is 13.2 Å². The number of hydrogen-bond donors (Lipinski definition) is 2. The van der Waals surface area contributed by atoms with Crippen LogP contribution in [-0.4, -0.2) is 10.7 Å². The lowest BCUT2D eigenvalue weighted by atomic mass is 9.87. The molecule has 0 aromatic heterocycles. The number of hydrogen-bond acceptors (Lipinski definition) is 2. The molecule has 1 aromatic rings. The Balaban J connectivity index is 2.26. The van der Waals surface area contributed by atoms with Gasteiger partial charge >= 0.3 is 6.18 Å². The molecule has 2 unspecified atom stereocenters. The molecule has 3 N–H and O–H groups in total. The molecule has 1 aliphatic rings. The lowest BCUT2D eigenvalue weighted by molar-refractivity contribution is -0.137. The van der Waals surface area contributed by atoms with Gasteiger partial charge in [-0.3, -0.25) is 0 Å². The van der Waals surface area contributed by atoms with Crippen LogP contribution in [-0.2, 0) is 11.7 Å². The van der Waals surface area contributed by atoms with Gasteiger partial charge < -0.3 is 10.8 Å². The summed E-state index contributed by atoms with van der Waals surface area (Å²) in [6.45, 7) is 1.70. The Hall–Kier alpha value is -1.07. The van der Waals surface area contributed by atoms with Crippen LogP contribution in [0.3, 0.4) is 0 Å². The number of aliphatic hydroxyl groups is 1. The minimum Gasteiger partial charge on any atom is -0.390 e. The molecule has 1 fully saturated rings. The van der Waals surface area contributed by atoms with Crippen LogP contribution in [0.1, 0.15) is 37.3 Å². The Morgan fingerprint density at radius 2 is 1.72 bits per heavy atom. The third-order valence-electron chi connectivity index (χ3n) is 3.59. The van der Waals surface area contributed by atoms with E-state index < -0.39 is 22.9 Å². The summed E-state index contributed by atoms with van der Waals surface area (Å²) in [7, 11) is 0. The second-order valence-electron chi connectivity index (χ2n) is 5.40. The third kappa shape index (κ3) is 2.52. The summed E-state index contributed by atoms with van der Waals surface area (Å²) < 4.78 is 37.3. The predicted molar refractivity (Wildman–Crippen MR) is 61.8 cm³/mol. The molecule has 0 heterocycles. The first-order chi connectivity index (χ1) is 8.12. The van der Waals surface area contributed by atoms with Crippen LogP contribution < -0.4 is 5.73 Å². The van der Waals surface area contributed by atoms with Crippen molar-refractivity contribution in [1.82, 2.24) is 0 Å². The fourth-order valence-electron chi connectivity index (χ4n) is 2.59. The molecule has 0 saturated heterocycles.